The van der Waals surface area contributed by atoms with Gasteiger partial charge in [-0.05, 0) is 74.3 Å². The van der Waals surface area contributed by atoms with E-state index in [9.17, 15) is 5.11 Å². The Morgan fingerprint density at radius 1 is 0.975 bits per heavy atom. The minimum atomic E-state index is -0.473. The number of nitrogens with zero attached hydrogens (tertiary/aromatic N) is 5. The summed E-state index contributed by atoms with van der Waals surface area (Å²) in [4.78, 5) is 16.8. The molecule has 5 aliphatic heterocycles. The molecular formula is C31H32ClFN6O. The molecule has 0 saturated carbocycles. The van der Waals surface area contributed by atoms with Crippen LogP contribution < -0.4 is 15.1 Å². The zero-order chi connectivity index (χ0) is 27.3. The van der Waals surface area contributed by atoms with E-state index in [4.69, 9.17) is 21.6 Å². The molecule has 0 spiro atoms. The lowest BCUT2D eigenvalue weighted by molar-refractivity contribution is 0.134. The van der Waals surface area contributed by atoms with E-state index in [1.165, 1.54) is 0 Å². The molecule has 7 nitrogen and oxygen atoms in total. The van der Waals surface area contributed by atoms with Crippen molar-refractivity contribution < 1.29 is 9.50 Å². The number of fused-ring (bicyclic) bond motifs is 2. The van der Waals surface area contributed by atoms with Crippen LogP contribution in [0, 0.1) is 5.82 Å². The predicted molar refractivity (Wildman–Crippen MR) is 158 cm³/mol. The summed E-state index contributed by atoms with van der Waals surface area (Å²) in [5, 5.41) is 16.9. The number of piperidine rings is 4. The Bertz CT molecular complexity index is 1640. The van der Waals surface area contributed by atoms with Crippen molar-refractivity contribution in [3.8, 4) is 16.9 Å². The molecule has 0 amide bonds. The van der Waals surface area contributed by atoms with Crippen LogP contribution >= 0.6 is 11.6 Å². The highest BCUT2D eigenvalue weighted by atomic mass is 35.5. The fraction of sp³-hybridized carbons (Fsp3) is 0.419. The molecule has 0 radical (unpaired) electrons. The largest absolute Gasteiger partial charge is 0.508 e. The van der Waals surface area contributed by atoms with E-state index in [1.807, 2.05) is 30.3 Å². The van der Waals surface area contributed by atoms with Gasteiger partial charge in [-0.25, -0.2) is 9.37 Å². The summed E-state index contributed by atoms with van der Waals surface area (Å²) < 4.78 is 16.8. The van der Waals surface area contributed by atoms with Gasteiger partial charge in [0.1, 0.15) is 17.1 Å². The van der Waals surface area contributed by atoms with Crippen molar-refractivity contribution in [3.05, 3.63) is 53.3 Å². The van der Waals surface area contributed by atoms with E-state index in [0.29, 0.717) is 52.1 Å². The van der Waals surface area contributed by atoms with Gasteiger partial charge >= 0.3 is 0 Å². The van der Waals surface area contributed by atoms with Crippen molar-refractivity contribution >= 4 is 45.0 Å². The number of aromatic nitrogens is 2. The summed E-state index contributed by atoms with van der Waals surface area (Å²) in [7, 11) is 4.16. The van der Waals surface area contributed by atoms with Crippen LogP contribution in [0.5, 0.6) is 5.75 Å². The lowest BCUT2D eigenvalue weighted by Crippen LogP contribution is -2.68. The molecule has 0 unspecified atom stereocenters. The van der Waals surface area contributed by atoms with Crippen LogP contribution in [0.15, 0.2) is 42.5 Å². The maximum atomic E-state index is 16.8. The normalized spacial score (nSPS) is 25.9. The molecule has 2 N–H and O–H groups in total. The Balaban J connectivity index is 1.34. The maximum absolute atomic E-state index is 16.8. The second-order valence-corrected chi connectivity index (χ2v) is 12.7. The Labute approximate surface area is 237 Å². The molecule has 5 aliphatic rings. The van der Waals surface area contributed by atoms with Gasteiger partial charge in [0.05, 0.1) is 5.02 Å². The molecule has 3 aromatic carbocycles. The summed E-state index contributed by atoms with van der Waals surface area (Å²) >= 11 is 6.93. The molecule has 9 rings (SSSR count). The second-order valence-electron chi connectivity index (χ2n) is 12.2. The zero-order valence-electron chi connectivity index (χ0n) is 22.6. The summed E-state index contributed by atoms with van der Waals surface area (Å²) in [5.74, 6) is 0.965. The smallest absolute Gasteiger partial charge is 0.228 e. The monoisotopic (exact) mass is 558 g/mol. The summed E-state index contributed by atoms with van der Waals surface area (Å²) in [6, 6.07) is 15.0. The van der Waals surface area contributed by atoms with Crippen LogP contribution in [-0.4, -0.2) is 77.4 Å². The van der Waals surface area contributed by atoms with E-state index >= 15 is 4.39 Å². The number of aromatic hydroxyl groups is 1. The van der Waals surface area contributed by atoms with Crippen molar-refractivity contribution in [2.45, 2.75) is 55.9 Å². The van der Waals surface area contributed by atoms with E-state index in [0.717, 1.165) is 55.4 Å². The molecule has 206 valence electrons. The topological polar surface area (TPSA) is 67.8 Å². The average molecular weight is 559 g/mol. The number of phenols is 1. The quantitative estimate of drug-likeness (QED) is 0.358. The van der Waals surface area contributed by atoms with E-state index in [2.05, 4.69) is 34.1 Å². The van der Waals surface area contributed by atoms with Crippen molar-refractivity contribution in [1.82, 2.24) is 20.2 Å². The molecule has 40 heavy (non-hydrogen) atoms. The lowest BCUT2D eigenvalue weighted by Gasteiger charge is -2.57. The van der Waals surface area contributed by atoms with Gasteiger partial charge in [0, 0.05) is 54.2 Å². The molecule has 4 bridgehead atoms. The Morgan fingerprint density at radius 2 is 1.68 bits per heavy atom. The number of phenolic OH excluding ortho intramolecular Hbond substituents is 1. The van der Waals surface area contributed by atoms with E-state index in [1.54, 1.807) is 12.1 Å². The van der Waals surface area contributed by atoms with E-state index < -0.39 is 5.82 Å². The van der Waals surface area contributed by atoms with Gasteiger partial charge in [0.15, 0.2) is 5.82 Å². The van der Waals surface area contributed by atoms with Crippen molar-refractivity contribution in [1.29, 1.82) is 0 Å². The summed E-state index contributed by atoms with van der Waals surface area (Å²) in [5.41, 5.74) is 1.10. The molecule has 5 saturated heterocycles. The SMILES string of the molecule is CN(C)C1CN(c2nc(N3C4CC5CC3CC(C4)N5)c3cc(Cl)c(-c4cc(O)cc5ccccc45)c(F)c3n2)C1. The standard InChI is InChI=1S/C31H32ClFN6O/c1-37(2)21-14-38(15-21)31-35-29-25(30(36-31)39-19-8-17-9-20(39)11-18(10-19)34-17)13-26(32)27(28(29)33)24-12-22(40)7-16-5-3-4-6-23(16)24/h3-7,12-13,17-21,34,40H,8-11,14-15H2,1-2H3. The van der Waals surface area contributed by atoms with Crippen molar-refractivity contribution in [3.63, 3.8) is 0 Å². The van der Waals surface area contributed by atoms with Crippen molar-refractivity contribution in [2.24, 2.45) is 0 Å². The fourth-order valence-corrected chi connectivity index (χ4v) is 7.90. The Hall–Kier alpha value is -3.20. The van der Waals surface area contributed by atoms with Gasteiger partial charge < -0.3 is 25.1 Å². The first-order valence-electron chi connectivity index (χ1n) is 14.2. The van der Waals surface area contributed by atoms with Crippen LogP contribution in [0.25, 0.3) is 32.8 Å². The maximum Gasteiger partial charge on any atom is 0.228 e. The van der Waals surface area contributed by atoms with Gasteiger partial charge in [-0.3, -0.25) is 0 Å². The van der Waals surface area contributed by atoms with E-state index in [-0.39, 0.29) is 16.8 Å². The molecule has 5 fully saturated rings. The molecule has 4 aromatic rings. The minimum Gasteiger partial charge on any atom is -0.508 e. The van der Waals surface area contributed by atoms with Crippen LogP contribution in [-0.2, 0) is 0 Å². The highest BCUT2D eigenvalue weighted by molar-refractivity contribution is 6.35. The number of rotatable bonds is 4. The molecule has 0 atom stereocenters. The Morgan fingerprint density at radius 3 is 2.38 bits per heavy atom. The highest BCUT2D eigenvalue weighted by Crippen LogP contribution is 2.47. The first-order chi connectivity index (χ1) is 19.3. The molecule has 9 heteroatoms. The first-order valence-corrected chi connectivity index (χ1v) is 14.6. The molecule has 6 heterocycles. The molecule has 1 aromatic heterocycles. The number of hydrogen-bond acceptors (Lipinski definition) is 7. The number of halogens is 2. The van der Waals surface area contributed by atoms with Crippen LogP contribution in [0.4, 0.5) is 16.2 Å². The number of hydrogen-bond donors (Lipinski definition) is 2. The minimum absolute atomic E-state index is 0.0666. The summed E-state index contributed by atoms with van der Waals surface area (Å²) in [6.07, 6.45) is 4.29. The Kier molecular flexibility index (Phi) is 5.47. The first kappa shape index (κ1) is 24.6. The number of likely N-dealkylation sites (N-methyl/N-ethyl adjacent to an activating group) is 1. The predicted octanol–water partition coefficient (Wildman–Crippen LogP) is 5.17. The third kappa shape index (κ3) is 3.69. The highest BCUT2D eigenvalue weighted by Gasteiger charge is 2.48. The zero-order valence-corrected chi connectivity index (χ0v) is 23.4. The third-order valence-electron chi connectivity index (χ3n) is 9.57. The van der Waals surface area contributed by atoms with Crippen molar-refractivity contribution in [2.75, 3.05) is 37.0 Å². The lowest BCUT2D eigenvalue weighted by atomic mass is 9.74. The average Bonchev–Trinajstić information content (AvgIpc) is 2.87. The van der Waals surface area contributed by atoms with Gasteiger partial charge in [0.25, 0.3) is 0 Å². The van der Waals surface area contributed by atoms with Gasteiger partial charge in [-0.2, -0.15) is 4.98 Å². The number of nitrogens with one attached hydrogen (secondary N) is 1. The van der Waals surface area contributed by atoms with Gasteiger partial charge in [-0.1, -0.05) is 35.9 Å². The van der Waals surface area contributed by atoms with Crippen LogP contribution in [0.1, 0.15) is 25.7 Å². The molecule has 0 aliphatic carbocycles. The number of benzene rings is 3. The number of anilines is 2. The molecular weight excluding hydrogens is 527 g/mol. The van der Waals surface area contributed by atoms with Crippen LogP contribution in [0.3, 0.4) is 0 Å². The van der Waals surface area contributed by atoms with Crippen LogP contribution in [0.2, 0.25) is 5.02 Å². The summed E-state index contributed by atoms with van der Waals surface area (Å²) in [6.45, 7) is 1.61. The fourth-order valence-electron chi connectivity index (χ4n) is 7.60. The third-order valence-corrected chi connectivity index (χ3v) is 9.87. The second kappa shape index (κ2) is 8.90. The van der Waals surface area contributed by atoms with Gasteiger partial charge in [-0.15, -0.1) is 0 Å². The van der Waals surface area contributed by atoms with Gasteiger partial charge in [0.2, 0.25) is 5.95 Å².